The largest absolute Gasteiger partial charge is 0.486 e. The minimum Gasteiger partial charge on any atom is -0.486 e. The highest BCUT2D eigenvalue weighted by molar-refractivity contribution is 6.00. The van der Waals surface area contributed by atoms with Crippen molar-refractivity contribution in [1.29, 1.82) is 0 Å². The Hall–Kier alpha value is -2.24. The highest BCUT2D eigenvalue weighted by atomic mass is 16.6. The molecule has 1 unspecified atom stereocenters. The van der Waals surface area contributed by atoms with Gasteiger partial charge in [-0.3, -0.25) is 9.59 Å². The highest BCUT2D eigenvalue weighted by Crippen LogP contribution is 2.35. The molecule has 6 heteroatoms. The van der Waals surface area contributed by atoms with Crippen LogP contribution in [0, 0.1) is 5.92 Å². The Morgan fingerprint density at radius 3 is 2.86 bits per heavy atom. The molecule has 1 fully saturated rings. The number of hydrogen-bond acceptors (Lipinski definition) is 4. The summed E-state index contributed by atoms with van der Waals surface area (Å²) in [5.74, 6) is 0.949. The van der Waals surface area contributed by atoms with Gasteiger partial charge in [-0.2, -0.15) is 0 Å². The fourth-order valence-corrected chi connectivity index (χ4v) is 2.65. The van der Waals surface area contributed by atoms with Crippen molar-refractivity contribution in [1.82, 2.24) is 5.32 Å². The molecule has 0 radical (unpaired) electrons. The number of anilines is 1. The molecular formula is C15H18N2O4. The summed E-state index contributed by atoms with van der Waals surface area (Å²) in [5.41, 5.74) is 0.746. The predicted molar refractivity (Wildman–Crippen MR) is 76.6 cm³/mol. The smallest absolute Gasteiger partial charge is 0.227 e. The van der Waals surface area contributed by atoms with Gasteiger partial charge in [-0.15, -0.1) is 0 Å². The van der Waals surface area contributed by atoms with Crippen LogP contribution in [0.3, 0.4) is 0 Å². The van der Waals surface area contributed by atoms with Crippen LogP contribution >= 0.6 is 0 Å². The summed E-state index contributed by atoms with van der Waals surface area (Å²) in [4.78, 5) is 25.6. The number of rotatable bonds is 3. The van der Waals surface area contributed by atoms with E-state index in [1.807, 2.05) is 13.0 Å². The van der Waals surface area contributed by atoms with Gasteiger partial charge in [0.1, 0.15) is 13.2 Å². The lowest BCUT2D eigenvalue weighted by molar-refractivity contribution is -0.126. The summed E-state index contributed by atoms with van der Waals surface area (Å²) in [6, 6.07) is 5.43. The van der Waals surface area contributed by atoms with Crippen LogP contribution < -0.4 is 19.7 Å². The first-order valence-electron chi connectivity index (χ1n) is 7.16. The average Bonchev–Trinajstić information content (AvgIpc) is 2.89. The molecule has 2 aliphatic rings. The summed E-state index contributed by atoms with van der Waals surface area (Å²) < 4.78 is 11.0. The molecule has 0 aliphatic carbocycles. The first kappa shape index (κ1) is 13.7. The molecule has 6 nitrogen and oxygen atoms in total. The van der Waals surface area contributed by atoms with Crippen molar-refractivity contribution >= 4 is 17.5 Å². The molecule has 1 saturated heterocycles. The summed E-state index contributed by atoms with van der Waals surface area (Å²) in [6.07, 6.45) is 0.250. The van der Waals surface area contributed by atoms with E-state index in [1.165, 1.54) is 0 Å². The first-order valence-corrected chi connectivity index (χ1v) is 7.16. The average molecular weight is 290 g/mol. The van der Waals surface area contributed by atoms with Gasteiger partial charge in [-0.1, -0.05) is 0 Å². The normalized spacial score (nSPS) is 20.5. The van der Waals surface area contributed by atoms with Gasteiger partial charge in [0.2, 0.25) is 11.8 Å². The van der Waals surface area contributed by atoms with E-state index in [2.05, 4.69) is 5.32 Å². The molecular weight excluding hydrogens is 272 g/mol. The van der Waals surface area contributed by atoms with E-state index in [-0.39, 0.29) is 24.2 Å². The maximum atomic E-state index is 12.1. The number of ether oxygens (including phenoxy) is 2. The first-order chi connectivity index (χ1) is 10.2. The van der Waals surface area contributed by atoms with E-state index in [1.54, 1.807) is 17.0 Å². The van der Waals surface area contributed by atoms with Gasteiger partial charge >= 0.3 is 0 Å². The topological polar surface area (TPSA) is 67.9 Å². The molecule has 2 amide bonds. The molecule has 1 aromatic rings. The van der Waals surface area contributed by atoms with E-state index in [9.17, 15) is 9.59 Å². The van der Waals surface area contributed by atoms with E-state index in [0.29, 0.717) is 37.8 Å². The van der Waals surface area contributed by atoms with Crippen LogP contribution in [-0.2, 0) is 9.59 Å². The van der Waals surface area contributed by atoms with Crippen LogP contribution in [0.2, 0.25) is 0 Å². The lowest BCUT2D eigenvalue weighted by Crippen LogP contribution is -2.32. The Morgan fingerprint density at radius 2 is 2.10 bits per heavy atom. The third-order valence-corrected chi connectivity index (χ3v) is 3.68. The van der Waals surface area contributed by atoms with Crippen LogP contribution in [0.1, 0.15) is 13.3 Å². The van der Waals surface area contributed by atoms with Gasteiger partial charge in [-0.05, 0) is 19.1 Å². The van der Waals surface area contributed by atoms with Gasteiger partial charge in [0.05, 0.1) is 5.92 Å². The number of benzene rings is 1. The predicted octanol–water partition coefficient (Wildman–Crippen LogP) is 0.947. The van der Waals surface area contributed by atoms with Crippen LogP contribution in [0.4, 0.5) is 5.69 Å². The van der Waals surface area contributed by atoms with Crippen molar-refractivity contribution in [2.75, 3.05) is 31.2 Å². The second-order valence-electron chi connectivity index (χ2n) is 5.13. The van der Waals surface area contributed by atoms with Crippen LogP contribution in [0.5, 0.6) is 11.5 Å². The fourth-order valence-electron chi connectivity index (χ4n) is 2.65. The fraction of sp³-hybridized carbons (Fsp3) is 0.467. The van der Waals surface area contributed by atoms with Crippen molar-refractivity contribution in [2.24, 2.45) is 5.92 Å². The van der Waals surface area contributed by atoms with Crippen LogP contribution in [0.25, 0.3) is 0 Å². The SMILES string of the molecule is CCNC(=O)C1CC(=O)N(c2ccc3c(c2)OCCO3)C1. The van der Waals surface area contributed by atoms with E-state index in [0.717, 1.165) is 5.69 Å². The molecule has 2 aliphatic heterocycles. The molecule has 21 heavy (non-hydrogen) atoms. The summed E-state index contributed by atoms with van der Waals surface area (Å²) in [6.45, 7) is 3.89. The number of hydrogen-bond donors (Lipinski definition) is 1. The second-order valence-corrected chi connectivity index (χ2v) is 5.13. The molecule has 0 aromatic heterocycles. The Bertz CT molecular complexity index is 573. The van der Waals surface area contributed by atoms with Crippen LogP contribution in [0.15, 0.2) is 18.2 Å². The Balaban J connectivity index is 1.78. The number of nitrogens with one attached hydrogen (secondary N) is 1. The van der Waals surface area contributed by atoms with Gasteiger partial charge < -0.3 is 19.7 Å². The summed E-state index contributed by atoms with van der Waals surface area (Å²) in [5, 5.41) is 2.77. The third kappa shape index (κ3) is 2.66. The molecule has 0 spiro atoms. The number of carbonyl (C=O) groups excluding carboxylic acids is 2. The summed E-state index contributed by atoms with van der Waals surface area (Å²) in [7, 11) is 0. The van der Waals surface area contributed by atoms with Crippen molar-refractivity contribution in [3.8, 4) is 11.5 Å². The lowest BCUT2D eigenvalue weighted by Gasteiger charge is -2.22. The zero-order valence-electron chi connectivity index (χ0n) is 11.9. The molecule has 2 heterocycles. The minimum absolute atomic E-state index is 0.0390. The van der Waals surface area contributed by atoms with Crippen molar-refractivity contribution in [3.63, 3.8) is 0 Å². The highest BCUT2D eigenvalue weighted by Gasteiger charge is 2.35. The maximum absolute atomic E-state index is 12.1. The lowest BCUT2D eigenvalue weighted by atomic mass is 10.1. The maximum Gasteiger partial charge on any atom is 0.227 e. The van der Waals surface area contributed by atoms with E-state index < -0.39 is 0 Å². The third-order valence-electron chi connectivity index (χ3n) is 3.68. The van der Waals surface area contributed by atoms with Gasteiger partial charge in [-0.25, -0.2) is 0 Å². The second kappa shape index (κ2) is 5.63. The van der Waals surface area contributed by atoms with Crippen LogP contribution in [-0.4, -0.2) is 38.1 Å². The summed E-state index contributed by atoms with van der Waals surface area (Å²) >= 11 is 0. The number of fused-ring (bicyclic) bond motifs is 1. The van der Waals surface area contributed by atoms with E-state index >= 15 is 0 Å². The van der Waals surface area contributed by atoms with Gasteiger partial charge in [0, 0.05) is 31.3 Å². The number of nitrogens with zero attached hydrogens (tertiary/aromatic N) is 1. The monoisotopic (exact) mass is 290 g/mol. The molecule has 1 aromatic carbocycles. The number of amides is 2. The Morgan fingerprint density at radius 1 is 1.33 bits per heavy atom. The van der Waals surface area contributed by atoms with E-state index in [4.69, 9.17) is 9.47 Å². The van der Waals surface area contributed by atoms with Crippen molar-refractivity contribution in [3.05, 3.63) is 18.2 Å². The minimum atomic E-state index is -0.286. The zero-order chi connectivity index (χ0) is 14.8. The molecule has 0 saturated carbocycles. The standard InChI is InChI=1S/C15H18N2O4/c1-2-16-15(19)10-7-14(18)17(9-10)11-3-4-12-13(8-11)21-6-5-20-12/h3-4,8,10H,2,5-7,9H2,1H3,(H,16,19). The molecule has 1 atom stereocenters. The van der Waals surface area contributed by atoms with Gasteiger partial charge in [0.25, 0.3) is 0 Å². The van der Waals surface area contributed by atoms with Crippen molar-refractivity contribution in [2.45, 2.75) is 13.3 Å². The Kier molecular flexibility index (Phi) is 3.68. The molecule has 3 rings (SSSR count). The quantitative estimate of drug-likeness (QED) is 0.900. The Labute approximate surface area is 123 Å². The zero-order valence-corrected chi connectivity index (χ0v) is 11.9. The molecule has 112 valence electrons. The van der Waals surface area contributed by atoms with Gasteiger partial charge in [0.15, 0.2) is 11.5 Å². The molecule has 1 N–H and O–H groups in total. The molecule has 0 bridgehead atoms. The number of carbonyl (C=O) groups is 2. The van der Waals surface area contributed by atoms with Crippen molar-refractivity contribution < 1.29 is 19.1 Å².